The molecule has 0 radical (unpaired) electrons. The number of nitrogens with one attached hydrogen (secondary N) is 1. The maximum Gasteiger partial charge on any atom is 0.230 e. The fourth-order valence-corrected chi connectivity index (χ4v) is 2.90. The van der Waals surface area contributed by atoms with Crippen molar-refractivity contribution in [1.82, 2.24) is 19.6 Å². The minimum atomic E-state index is -0.276. The van der Waals surface area contributed by atoms with Crippen LogP contribution in [0.5, 0.6) is 0 Å². The van der Waals surface area contributed by atoms with Crippen molar-refractivity contribution in [3.05, 3.63) is 64.0 Å². The number of carbonyl (C=O) groups is 1. The summed E-state index contributed by atoms with van der Waals surface area (Å²) in [5.74, 6) is -0.0586. The van der Waals surface area contributed by atoms with Crippen LogP contribution in [-0.4, -0.2) is 25.5 Å². The van der Waals surface area contributed by atoms with Crippen LogP contribution in [0.4, 0.5) is 5.82 Å². The van der Waals surface area contributed by atoms with E-state index in [4.69, 9.17) is 11.6 Å². The van der Waals surface area contributed by atoms with Gasteiger partial charge in [-0.15, -0.1) is 0 Å². The number of carbonyl (C=O) groups excluding carboxylic acids is 1. The van der Waals surface area contributed by atoms with Gasteiger partial charge in [-0.25, -0.2) is 0 Å². The molecule has 1 N–H and O–H groups in total. The average molecular weight is 423 g/mol. The van der Waals surface area contributed by atoms with Gasteiger partial charge in [0.25, 0.3) is 0 Å². The molecule has 1 amide bonds. The monoisotopic (exact) mass is 421 g/mol. The smallest absolute Gasteiger partial charge is 0.230 e. The maximum atomic E-state index is 12.4. The van der Waals surface area contributed by atoms with E-state index in [1.54, 1.807) is 21.8 Å². The van der Waals surface area contributed by atoms with Crippen molar-refractivity contribution < 1.29 is 4.79 Å². The largest absolute Gasteiger partial charge is 0.308 e. The van der Waals surface area contributed by atoms with Gasteiger partial charge >= 0.3 is 0 Å². The molecule has 1 unspecified atom stereocenters. The quantitative estimate of drug-likeness (QED) is 0.657. The number of nitrogens with zero attached hydrogens (tertiary/aromatic N) is 4. The Bertz CT molecular complexity index is 861. The van der Waals surface area contributed by atoms with Crippen LogP contribution in [0.3, 0.4) is 0 Å². The van der Waals surface area contributed by atoms with Crippen molar-refractivity contribution in [1.29, 1.82) is 0 Å². The van der Waals surface area contributed by atoms with Crippen LogP contribution in [0.2, 0.25) is 5.02 Å². The second-order valence-corrected chi connectivity index (χ2v) is 7.10. The van der Waals surface area contributed by atoms with Crippen LogP contribution in [0.1, 0.15) is 12.5 Å². The fourth-order valence-electron chi connectivity index (χ4n) is 2.37. The number of benzene rings is 1. The highest BCUT2D eigenvalue weighted by Crippen LogP contribution is 2.21. The maximum absolute atomic E-state index is 12.4. The molecule has 1 atom stereocenters. The zero-order chi connectivity index (χ0) is 17.8. The van der Waals surface area contributed by atoms with Crippen LogP contribution in [0.25, 0.3) is 0 Å². The number of rotatable bonds is 6. The van der Waals surface area contributed by atoms with E-state index in [-0.39, 0.29) is 11.8 Å². The van der Waals surface area contributed by atoms with E-state index in [9.17, 15) is 4.79 Å². The molecule has 3 rings (SSSR count). The predicted molar refractivity (Wildman–Crippen MR) is 101 cm³/mol. The normalized spacial score (nSPS) is 12.1. The van der Waals surface area contributed by atoms with Gasteiger partial charge in [0.2, 0.25) is 5.91 Å². The highest BCUT2D eigenvalue weighted by molar-refractivity contribution is 9.10. The lowest BCUT2D eigenvalue weighted by atomic mass is 10.1. The third-order valence-corrected chi connectivity index (χ3v) is 4.34. The molecule has 25 heavy (non-hydrogen) atoms. The Kier molecular flexibility index (Phi) is 5.55. The summed E-state index contributed by atoms with van der Waals surface area (Å²) in [6.07, 6.45) is 5.22. The van der Waals surface area contributed by atoms with Crippen molar-refractivity contribution >= 4 is 39.3 Å². The fraction of sp³-hybridized carbons (Fsp3) is 0.235. The van der Waals surface area contributed by atoms with Crippen molar-refractivity contribution in [2.45, 2.75) is 20.0 Å². The molecule has 0 saturated carbocycles. The Hall–Kier alpha value is -2.12. The zero-order valence-electron chi connectivity index (χ0n) is 13.6. The van der Waals surface area contributed by atoms with E-state index in [0.717, 1.165) is 10.0 Å². The van der Waals surface area contributed by atoms with Gasteiger partial charge in [0.15, 0.2) is 5.82 Å². The van der Waals surface area contributed by atoms with Gasteiger partial charge in [-0.2, -0.15) is 10.2 Å². The molecule has 2 aromatic heterocycles. The summed E-state index contributed by atoms with van der Waals surface area (Å²) < 4.78 is 4.30. The Morgan fingerprint density at radius 3 is 2.72 bits per heavy atom. The summed E-state index contributed by atoms with van der Waals surface area (Å²) in [7, 11) is 0. The van der Waals surface area contributed by atoms with Gasteiger partial charge in [-0.3, -0.25) is 14.2 Å². The van der Waals surface area contributed by atoms with E-state index in [1.807, 2.05) is 43.5 Å². The van der Waals surface area contributed by atoms with Gasteiger partial charge in [-0.05, 0) is 21.5 Å². The Morgan fingerprint density at radius 2 is 2.04 bits per heavy atom. The lowest BCUT2D eigenvalue weighted by Crippen LogP contribution is -2.25. The minimum Gasteiger partial charge on any atom is -0.308 e. The van der Waals surface area contributed by atoms with E-state index in [1.165, 1.54) is 0 Å². The van der Waals surface area contributed by atoms with Crippen molar-refractivity contribution in [2.75, 3.05) is 5.32 Å². The number of anilines is 1. The van der Waals surface area contributed by atoms with Gasteiger partial charge < -0.3 is 5.32 Å². The molecule has 130 valence electrons. The third kappa shape index (κ3) is 4.70. The first-order chi connectivity index (χ1) is 12.0. The van der Waals surface area contributed by atoms with E-state index in [2.05, 4.69) is 31.4 Å². The molecule has 2 heterocycles. The number of hydrogen-bond acceptors (Lipinski definition) is 3. The van der Waals surface area contributed by atoms with Gasteiger partial charge in [0.1, 0.15) is 5.02 Å². The summed E-state index contributed by atoms with van der Waals surface area (Å²) >= 11 is 9.54. The summed E-state index contributed by atoms with van der Waals surface area (Å²) in [4.78, 5) is 12.4. The van der Waals surface area contributed by atoms with Crippen LogP contribution >= 0.6 is 27.5 Å². The van der Waals surface area contributed by atoms with Crippen LogP contribution in [0, 0.1) is 5.92 Å². The van der Waals surface area contributed by atoms with E-state index < -0.39 is 0 Å². The summed E-state index contributed by atoms with van der Waals surface area (Å²) in [5.41, 5.74) is 1.11. The molecule has 1 aromatic carbocycles. The average Bonchev–Trinajstić information content (AvgIpc) is 3.14. The molecule has 8 heteroatoms. The highest BCUT2D eigenvalue weighted by Gasteiger charge is 2.17. The third-order valence-electron chi connectivity index (χ3n) is 3.66. The standard InChI is InChI=1S/C17H17BrClN5O/c1-12(8-23-10-14(18)7-20-23)17(25)21-16-15(19)11-24(22-16)9-13-5-3-2-4-6-13/h2-7,10-12H,8-9H2,1H3,(H,21,22,25). The van der Waals surface area contributed by atoms with Crippen molar-refractivity contribution in [3.63, 3.8) is 0 Å². The van der Waals surface area contributed by atoms with Crippen molar-refractivity contribution in [2.24, 2.45) is 5.92 Å². The second-order valence-electron chi connectivity index (χ2n) is 5.78. The molecule has 0 fully saturated rings. The lowest BCUT2D eigenvalue weighted by Gasteiger charge is -2.11. The Morgan fingerprint density at radius 1 is 1.28 bits per heavy atom. The van der Waals surface area contributed by atoms with Gasteiger partial charge in [0, 0.05) is 12.4 Å². The molecule has 0 aliphatic carbocycles. The number of amides is 1. The molecule has 0 bridgehead atoms. The predicted octanol–water partition coefficient (Wildman–Crippen LogP) is 3.82. The Balaban J connectivity index is 1.63. The molecule has 3 aromatic rings. The van der Waals surface area contributed by atoms with Crippen LogP contribution in [0.15, 0.2) is 53.4 Å². The Labute approximate surface area is 158 Å². The molecule has 0 spiro atoms. The van der Waals surface area contributed by atoms with Gasteiger partial charge in [0.05, 0.1) is 29.7 Å². The molecule has 0 saturated heterocycles. The molecular formula is C17H17BrClN5O. The van der Waals surface area contributed by atoms with Crippen molar-refractivity contribution in [3.8, 4) is 0 Å². The van der Waals surface area contributed by atoms with E-state index in [0.29, 0.717) is 23.9 Å². The molecule has 6 nitrogen and oxygen atoms in total. The van der Waals surface area contributed by atoms with E-state index >= 15 is 0 Å². The molecular weight excluding hydrogens is 406 g/mol. The zero-order valence-corrected chi connectivity index (χ0v) is 15.9. The number of aromatic nitrogens is 4. The van der Waals surface area contributed by atoms with Crippen LogP contribution < -0.4 is 5.32 Å². The molecule has 0 aliphatic rings. The second kappa shape index (κ2) is 7.84. The SMILES string of the molecule is CC(Cn1cc(Br)cn1)C(=O)Nc1nn(Cc2ccccc2)cc1Cl. The minimum absolute atomic E-state index is 0.154. The van der Waals surface area contributed by atoms with Gasteiger partial charge in [-0.1, -0.05) is 48.9 Å². The first-order valence-electron chi connectivity index (χ1n) is 7.77. The first kappa shape index (κ1) is 17.7. The van der Waals surface area contributed by atoms with Crippen LogP contribution in [-0.2, 0) is 17.9 Å². The number of halogens is 2. The highest BCUT2D eigenvalue weighted by atomic mass is 79.9. The lowest BCUT2D eigenvalue weighted by molar-refractivity contribution is -0.119. The topological polar surface area (TPSA) is 64.7 Å². The summed E-state index contributed by atoms with van der Waals surface area (Å²) in [5, 5.41) is 11.7. The summed E-state index contributed by atoms with van der Waals surface area (Å²) in [6.45, 7) is 2.90. The molecule has 0 aliphatic heterocycles. The summed E-state index contributed by atoms with van der Waals surface area (Å²) in [6, 6.07) is 9.93. The first-order valence-corrected chi connectivity index (χ1v) is 8.94. The number of hydrogen-bond donors (Lipinski definition) is 1.